The van der Waals surface area contributed by atoms with Crippen molar-refractivity contribution < 1.29 is 5.11 Å². The van der Waals surface area contributed by atoms with Crippen LogP contribution in [0.2, 0.25) is 0 Å². The van der Waals surface area contributed by atoms with Gasteiger partial charge in [-0.05, 0) is 31.5 Å². The summed E-state index contributed by atoms with van der Waals surface area (Å²) in [7, 11) is 0. The van der Waals surface area contributed by atoms with Crippen molar-refractivity contribution in [3.63, 3.8) is 0 Å². The van der Waals surface area contributed by atoms with E-state index in [1.807, 2.05) is 18.3 Å². The van der Waals surface area contributed by atoms with E-state index in [2.05, 4.69) is 16.0 Å². The Hall–Kier alpha value is -0.930. The van der Waals surface area contributed by atoms with E-state index in [0.717, 1.165) is 25.2 Å². The number of nitrogens with zero attached hydrogens (tertiary/aromatic N) is 2. The second-order valence-electron chi connectivity index (χ2n) is 3.67. The van der Waals surface area contributed by atoms with E-state index < -0.39 is 0 Å². The van der Waals surface area contributed by atoms with Gasteiger partial charge < -0.3 is 5.11 Å². The van der Waals surface area contributed by atoms with Crippen molar-refractivity contribution in [1.82, 2.24) is 9.88 Å². The summed E-state index contributed by atoms with van der Waals surface area (Å²) in [5.41, 5.74) is 1.14. The zero-order valence-electron chi connectivity index (χ0n) is 8.26. The Morgan fingerprint density at radius 1 is 1.50 bits per heavy atom. The predicted molar refractivity (Wildman–Crippen MR) is 54.9 cm³/mol. The first kappa shape index (κ1) is 9.62. The minimum atomic E-state index is 0.239. The van der Waals surface area contributed by atoms with Crippen LogP contribution >= 0.6 is 0 Å². The lowest BCUT2D eigenvalue weighted by Gasteiger charge is -2.22. The molecule has 2 heterocycles. The second-order valence-corrected chi connectivity index (χ2v) is 3.67. The smallest absolute Gasteiger partial charge is 0.0575 e. The van der Waals surface area contributed by atoms with Crippen LogP contribution in [0.3, 0.4) is 0 Å². The number of rotatable bonds is 3. The highest BCUT2D eigenvalue weighted by atomic mass is 16.3. The number of aromatic nitrogens is 1. The molecule has 1 N–H and O–H groups in total. The number of hydrogen-bond acceptors (Lipinski definition) is 3. The van der Waals surface area contributed by atoms with Crippen molar-refractivity contribution in [3.8, 4) is 0 Å². The van der Waals surface area contributed by atoms with Gasteiger partial charge in [0.15, 0.2) is 0 Å². The van der Waals surface area contributed by atoms with Gasteiger partial charge in [0.2, 0.25) is 0 Å². The van der Waals surface area contributed by atoms with Crippen molar-refractivity contribution in [2.24, 2.45) is 0 Å². The molecule has 0 aliphatic carbocycles. The van der Waals surface area contributed by atoms with Gasteiger partial charge in [0.05, 0.1) is 18.3 Å². The van der Waals surface area contributed by atoms with Gasteiger partial charge in [-0.25, -0.2) is 0 Å². The van der Waals surface area contributed by atoms with E-state index in [0.29, 0.717) is 6.04 Å². The van der Waals surface area contributed by atoms with Crippen molar-refractivity contribution in [2.75, 3.05) is 19.7 Å². The predicted octanol–water partition coefficient (Wildman–Crippen LogP) is 1.21. The van der Waals surface area contributed by atoms with Crippen molar-refractivity contribution in [1.29, 1.82) is 0 Å². The molecule has 0 saturated carbocycles. The average molecular weight is 192 g/mol. The van der Waals surface area contributed by atoms with Crippen LogP contribution < -0.4 is 0 Å². The summed E-state index contributed by atoms with van der Waals surface area (Å²) in [6.45, 7) is 2.09. The van der Waals surface area contributed by atoms with Gasteiger partial charge in [-0.2, -0.15) is 0 Å². The van der Waals surface area contributed by atoms with Gasteiger partial charge in [0.25, 0.3) is 0 Å². The van der Waals surface area contributed by atoms with Crippen molar-refractivity contribution >= 4 is 0 Å². The van der Waals surface area contributed by atoms with E-state index in [1.54, 1.807) is 0 Å². The molecule has 0 spiro atoms. The molecule has 0 radical (unpaired) electrons. The minimum Gasteiger partial charge on any atom is -0.395 e. The molecule has 3 heteroatoms. The Balaban J connectivity index is 2.10. The van der Waals surface area contributed by atoms with Crippen LogP contribution in [0.15, 0.2) is 24.4 Å². The SMILES string of the molecule is OCCN1CCC[C@@H]1c1ccccn1. The second kappa shape index (κ2) is 4.53. The van der Waals surface area contributed by atoms with Crippen molar-refractivity contribution in [2.45, 2.75) is 18.9 Å². The number of hydrogen-bond donors (Lipinski definition) is 1. The maximum Gasteiger partial charge on any atom is 0.0575 e. The van der Waals surface area contributed by atoms with Crippen LogP contribution in [0.5, 0.6) is 0 Å². The summed E-state index contributed by atoms with van der Waals surface area (Å²) in [5.74, 6) is 0. The molecule has 0 unspecified atom stereocenters. The number of pyridine rings is 1. The Kier molecular flexibility index (Phi) is 3.11. The van der Waals surface area contributed by atoms with Crippen molar-refractivity contribution in [3.05, 3.63) is 30.1 Å². The molecule has 1 fully saturated rings. The third kappa shape index (κ3) is 1.94. The van der Waals surface area contributed by atoms with Gasteiger partial charge in [-0.15, -0.1) is 0 Å². The van der Waals surface area contributed by atoms with Gasteiger partial charge in [-0.1, -0.05) is 6.07 Å². The Labute approximate surface area is 84.4 Å². The average Bonchev–Trinajstić information content (AvgIpc) is 2.68. The van der Waals surface area contributed by atoms with Gasteiger partial charge in [-0.3, -0.25) is 9.88 Å². The van der Waals surface area contributed by atoms with E-state index >= 15 is 0 Å². The molecule has 0 amide bonds. The van der Waals surface area contributed by atoms with Gasteiger partial charge in [0.1, 0.15) is 0 Å². The van der Waals surface area contributed by atoms with Crippen LogP contribution in [0.25, 0.3) is 0 Å². The highest BCUT2D eigenvalue weighted by Gasteiger charge is 2.25. The molecule has 1 atom stereocenters. The minimum absolute atomic E-state index is 0.239. The molecule has 0 bridgehead atoms. The van der Waals surface area contributed by atoms with E-state index in [-0.39, 0.29) is 6.61 Å². The fourth-order valence-electron chi connectivity index (χ4n) is 2.13. The molecule has 0 aromatic carbocycles. The molecule has 76 valence electrons. The summed E-state index contributed by atoms with van der Waals surface area (Å²) >= 11 is 0. The lowest BCUT2D eigenvalue weighted by atomic mass is 10.1. The fourth-order valence-corrected chi connectivity index (χ4v) is 2.13. The van der Waals surface area contributed by atoms with Crippen LogP contribution in [-0.4, -0.2) is 34.7 Å². The molecule has 1 aromatic heterocycles. The summed E-state index contributed by atoms with van der Waals surface area (Å²) in [4.78, 5) is 6.68. The third-order valence-corrected chi connectivity index (χ3v) is 2.78. The molecule has 1 saturated heterocycles. The number of aliphatic hydroxyl groups excluding tert-OH is 1. The van der Waals surface area contributed by atoms with Crippen LogP contribution in [-0.2, 0) is 0 Å². The monoisotopic (exact) mass is 192 g/mol. The van der Waals surface area contributed by atoms with E-state index in [1.165, 1.54) is 6.42 Å². The maximum absolute atomic E-state index is 8.93. The summed E-state index contributed by atoms with van der Waals surface area (Å²) in [6, 6.07) is 6.45. The quantitative estimate of drug-likeness (QED) is 0.782. The molecule has 2 rings (SSSR count). The lowest BCUT2D eigenvalue weighted by molar-refractivity contribution is 0.183. The highest BCUT2D eigenvalue weighted by Crippen LogP contribution is 2.29. The normalized spacial score (nSPS) is 22.8. The fraction of sp³-hybridized carbons (Fsp3) is 0.545. The summed E-state index contributed by atoms with van der Waals surface area (Å²) < 4.78 is 0. The largest absolute Gasteiger partial charge is 0.395 e. The zero-order chi connectivity index (χ0) is 9.80. The maximum atomic E-state index is 8.93. The van der Waals surface area contributed by atoms with Gasteiger partial charge >= 0.3 is 0 Å². The first-order valence-electron chi connectivity index (χ1n) is 5.17. The zero-order valence-corrected chi connectivity index (χ0v) is 8.26. The number of aliphatic hydroxyl groups is 1. The molecule has 1 aromatic rings. The standard InChI is InChI=1S/C11H16N2O/c14-9-8-13-7-3-5-11(13)10-4-1-2-6-12-10/h1-2,4,6,11,14H,3,5,7-9H2/t11-/m1/s1. The molecular weight excluding hydrogens is 176 g/mol. The number of β-amino-alcohol motifs (C(OH)–C–C–N with tert-alkyl or cyclic N) is 1. The lowest BCUT2D eigenvalue weighted by Crippen LogP contribution is -2.26. The first-order chi connectivity index (χ1) is 6.92. The summed E-state index contributed by atoms with van der Waals surface area (Å²) in [5, 5.41) is 8.93. The molecule has 1 aliphatic heterocycles. The van der Waals surface area contributed by atoms with E-state index in [4.69, 9.17) is 5.11 Å². The Bertz CT molecular complexity index is 276. The Morgan fingerprint density at radius 2 is 2.43 bits per heavy atom. The third-order valence-electron chi connectivity index (χ3n) is 2.78. The Morgan fingerprint density at radius 3 is 3.14 bits per heavy atom. The molecular formula is C11H16N2O. The molecule has 1 aliphatic rings. The number of likely N-dealkylation sites (tertiary alicyclic amines) is 1. The molecule has 3 nitrogen and oxygen atoms in total. The first-order valence-corrected chi connectivity index (χ1v) is 5.17. The van der Waals surface area contributed by atoms with Crippen LogP contribution in [0.4, 0.5) is 0 Å². The highest BCUT2D eigenvalue weighted by molar-refractivity contribution is 5.10. The van der Waals surface area contributed by atoms with Gasteiger partial charge in [0, 0.05) is 12.7 Å². The van der Waals surface area contributed by atoms with E-state index in [9.17, 15) is 0 Å². The van der Waals surface area contributed by atoms with Crippen LogP contribution in [0.1, 0.15) is 24.6 Å². The summed E-state index contributed by atoms with van der Waals surface area (Å²) in [6.07, 6.45) is 4.21. The molecule has 14 heavy (non-hydrogen) atoms. The van der Waals surface area contributed by atoms with Crippen LogP contribution in [0, 0.1) is 0 Å². The topological polar surface area (TPSA) is 36.4 Å².